The van der Waals surface area contributed by atoms with Crippen LogP contribution in [0.3, 0.4) is 0 Å². The van der Waals surface area contributed by atoms with Gasteiger partial charge in [-0.1, -0.05) is 29.3 Å². The maximum atomic E-state index is 6.31. The first-order valence-electron chi connectivity index (χ1n) is 7.35. The lowest BCUT2D eigenvalue weighted by molar-refractivity contribution is 0.684. The summed E-state index contributed by atoms with van der Waals surface area (Å²) in [6, 6.07) is 10.5. The quantitative estimate of drug-likeness (QED) is 0.927. The van der Waals surface area contributed by atoms with Crippen LogP contribution in [-0.4, -0.2) is 18.6 Å². The van der Waals surface area contributed by atoms with Gasteiger partial charge >= 0.3 is 0 Å². The zero-order valence-corrected chi connectivity index (χ0v) is 13.2. The first kappa shape index (κ1) is 14.2. The number of rotatable bonds is 3. The zero-order valence-electron chi connectivity index (χ0n) is 12.5. The van der Waals surface area contributed by atoms with Crippen molar-refractivity contribution in [1.29, 1.82) is 0 Å². The fraction of sp³-hybridized carbons (Fsp3) is 0.353. The van der Waals surface area contributed by atoms with Gasteiger partial charge in [0, 0.05) is 19.3 Å². The molecular weight excluding hydrogens is 282 g/mol. The molecule has 110 valence electrons. The van der Waals surface area contributed by atoms with Crippen molar-refractivity contribution in [2.24, 2.45) is 0 Å². The molecule has 0 fully saturated rings. The van der Waals surface area contributed by atoms with Crippen LogP contribution in [0, 0.1) is 6.92 Å². The Bertz CT molecular complexity index is 654. The maximum absolute atomic E-state index is 6.31. The molecule has 21 heavy (non-hydrogen) atoms. The Kier molecular flexibility index (Phi) is 4.02. The van der Waals surface area contributed by atoms with E-state index in [9.17, 15) is 0 Å². The lowest BCUT2D eigenvalue weighted by atomic mass is 9.99. The van der Waals surface area contributed by atoms with E-state index in [-0.39, 0.29) is 0 Å². The summed E-state index contributed by atoms with van der Waals surface area (Å²) in [5, 5.41) is 3.80. The standard InChI is InChI=1S/C17H20ClN3/c1-12-5-7-16-13(10-12)4-3-9-21(16)11-15-14(18)6-8-17(19-2)20-15/h5-8,10H,3-4,9,11H2,1-2H3,(H,19,20). The molecule has 0 saturated carbocycles. The second-order valence-electron chi connectivity index (χ2n) is 5.53. The SMILES string of the molecule is CNc1ccc(Cl)c(CN2CCCc3cc(C)ccc32)n1. The molecule has 3 rings (SSSR count). The molecule has 1 aliphatic rings. The molecule has 1 aromatic heterocycles. The second kappa shape index (κ2) is 5.94. The normalized spacial score (nSPS) is 14.0. The third-order valence-corrected chi connectivity index (χ3v) is 4.31. The first-order chi connectivity index (χ1) is 10.2. The van der Waals surface area contributed by atoms with Crippen LogP contribution in [0.15, 0.2) is 30.3 Å². The van der Waals surface area contributed by atoms with Crippen molar-refractivity contribution in [3.63, 3.8) is 0 Å². The number of benzene rings is 1. The molecule has 2 heterocycles. The van der Waals surface area contributed by atoms with E-state index >= 15 is 0 Å². The molecule has 0 radical (unpaired) electrons. The number of nitrogens with zero attached hydrogens (tertiary/aromatic N) is 2. The van der Waals surface area contributed by atoms with Gasteiger partial charge in [0.15, 0.2) is 0 Å². The third kappa shape index (κ3) is 2.98. The van der Waals surface area contributed by atoms with Crippen molar-refractivity contribution in [1.82, 2.24) is 4.98 Å². The molecule has 1 aromatic carbocycles. The van der Waals surface area contributed by atoms with E-state index in [1.54, 1.807) is 0 Å². The summed E-state index contributed by atoms with van der Waals surface area (Å²) in [6.07, 6.45) is 2.34. The molecule has 3 nitrogen and oxygen atoms in total. The summed E-state index contributed by atoms with van der Waals surface area (Å²) in [5.41, 5.74) is 5.00. The van der Waals surface area contributed by atoms with Gasteiger partial charge in [0.05, 0.1) is 17.3 Å². The van der Waals surface area contributed by atoms with E-state index in [1.807, 2.05) is 19.2 Å². The van der Waals surface area contributed by atoms with E-state index in [0.29, 0.717) is 0 Å². The van der Waals surface area contributed by atoms with Gasteiger partial charge in [-0.05, 0) is 43.5 Å². The summed E-state index contributed by atoms with van der Waals surface area (Å²) in [7, 11) is 1.87. The fourth-order valence-corrected chi connectivity index (χ4v) is 3.05. The number of aromatic nitrogens is 1. The largest absolute Gasteiger partial charge is 0.373 e. The lowest BCUT2D eigenvalue weighted by Crippen LogP contribution is -2.29. The molecule has 4 heteroatoms. The smallest absolute Gasteiger partial charge is 0.126 e. The van der Waals surface area contributed by atoms with Crippen LogP contribution >= 0.6 is 11.6 Å². The highest BCUT2D eigenvalue weighted by molar-refractivity contribution is 6.31. The lowest BCUT2D eigenvalue weighted by Gasteiger charge is -2.31. The van der Waals surface area contributed by atoms with Gasteiger partial charge in [-0.15, -0.1) is 0 Å². The highest BCUT2D eigenvalue weighted by Crippen LogP contribution is 2.30. The summed E-state index contributed by atoms with van der Waals surface area (Å²) in [4.78, 5) is 6.97. The van der Waals surface area contributed by atoms with Crippen LogP contribution in [0.4, 0.5) is 11.5 Å². The monoisotopic (exact) mass is 301 g/mol. The molecule has 0 amide bonds. The molecule has 1 N–H and O–H groups in total. The summed E-state index contributed by atoms with van der Waals surface area (Å²) >= 11 is 6.31. The second-order valence-corrected chi connectivity index (χ2v) is 5.94. The van der Waals surface area contributed by atoms with Gasteiger partial charge in [-0.3, -0.25) is 0 Å². The summed E-state index contributed by atoms with van der Waals surface area (Å²) < 4.78 is 0. The number of aryl methyl sites for hydroxylation is 2. The molecule has 0 aliphatic carbocycles. The van der Waals surface area contributed by atoms with Crippen LogP contribution in [0.5, 0.6) is 0 Å². The van der Waals surface area contributed by atoms with E-state index in [2.05, 4.69) is 40.3 Å². The predicted molar refractivity (Wildman–Crippen MR) is 89.3 cm³/mol. The van der Waals surface area contributed by atoms with Gasteiger partial charge in [0.1, 0.15) is 5.82 Å². The summed E-state index contributed by atoms with van der Waals surface area (Å²) in [6.45, 7) is 3.95. The molecule has 0 spiro atoms. The number of fused-ring (bicyclic) bond motifs is 1. The van der Waals surface area contributed by atoms with Gasteiger partial charge in [-0.25, -0.2) is 4.98 Å². The highest BCUT2D eigenvalue weighted by atomic mass is 35.5. The predicted octanol–water partition coefficient (Wildman–Crippen LogP) is 4.04. The molecule has 2 aromatic rings. The van der Waals surface area contributed by atoms with E-state index in [4.69, 9.17) is 11.6 Å². The van der Waals surface area contributed by atoms with Crippen LogP contribution in [0.1, 0.15) is 23.2 Å². The number of pyridine rings is 1. The van der Waals surface area contributed by atoms with Crippen molar-refractivity contribution < 1.29 is 0 Å². The number of anilines is 2. The van der Waals surface area contributed by atoms with Crippen molar-refractivity contribution in [2.75, 3.05) is 23.8 Å². The Morgan fingerprint density at radius 1 is 1.29 bits per heavy atom. The van der Waals surface area contributed by atoms with E-state index in [0.717, 1.165) is 36.0 Å². The minimum absolute atomic E-state index is 0.730. The van der Waals surface area contributed by atoms with Crippen molar-refractivity contribution in [3.05, 3.63) is 52.2 Å². The first-order valence-corrected chi connectivity index (χ1v) is 7.73. The van der Waals surface area contributed by atoms with Crippen LogP contribution in [0.25, 0.3) is 0 Å². The number of hydrogen-bond donors (Lipinski definition) is 1. The van der Waals surface area contributed by atoms with Gasteiger partial charge in [0.25, 0.3) is 0 Å². The summed E-state index contributed by atoms with van der Waals surface area (Å²) in [5.74, 6) is 0.857. The van der Waals surface area contributed by atoms with Crippen LogP contribution in [0.2, 0.25) is 5.02 Å². The zero-order chi connectivity index (χ0) is 14.8. The Balaban J connectivity index is 1.90. The van der Waals surface area contributed by atoms with Gasteiger partial charge in [-0.2, -0.15) is 0 Å². The Labute approximate surface area is 131 Å². The maximum Gasteiger partial charge on any atom is 0.126 e. The Hall–Kier alpha value is -1.74. The molecule has 0 unspecified atom stereocenters. The fourth-order valence-electron chi connectivity index (χ4n) is 2.88. The van der Waals surface area contributed by atoms with Crippen LogP contribution < -0.4 is 10.2 Å². The number of nitrogens with one attached hydrogen (secondary N) is 1. The molecule has 0 atom stereocenters. The van der Waals surface area contributed by atoms with E-state index < -0.39 is 0 Å². The number of halogens is 1. The molecule has 1 aliphatic heterocycles. The molecular formula is C17H20ClN3. The minimum Gasteiger partial charge on any atom is -0.373 e. The number of hydrogen-bond acceptors (Lipinski definition) is 3. The highest BCUT2D eigenvalue weighted by Gasteiger charge is 2.18. The van der Waals surface area contributed by atoms with Crippen LogP contribution in [-0.2, 0) is 13.0 Å². The average Bonchev–Trinajstić information content (AvgIpc) is 2.49. The minimum atomic E-state index is 0.730. The third-order valence-electron chi connectivity index (χ3n) is 3.97. The van der Waals surface area contributed by atoms with E-state index in [1.165, 1.54) is 23.2 Å². The topological polar surface area (TPSA) is 28.2 Å². The molecule has 0 bridgehead atoms. The van der Waals surface area contributed by atoms with Crippen molar-refractivity contribution in [2.45, 2.75) is 26.3 Å². The van der Waals surface area contributed by atoms with Gasteiger partial charge < -0.3 is 10.2 Å². The van der Waals surface area contributed by atoms with Crippen molar-refractivity contribution >= 4 is 23.1 Å². The average molecular weight is 302 g/mol. The Morgan fingerprint density at radius 2 is 2.14 bits per heavy atom. The molecule has 0 saturated heterocycles. The van der Waals surface area contributed by atoms with Gasteiger partial charge in [0.2, 0.25) is 0 Å². The Morgan fingerprint density at radius 3 is 2.95 bits per heavy atom. The van der Waals surface area contributed by atoms with Crippen molar-refractivity contribution in [3.8, 4) is 0 Å².